The zero-order valence-electron chi connectivity index (χ0n) is 22.6. The molecule has 0 atom stereocenters. The quantitative estimate of drug-likeness (QED) is 0.226. The number of rotatable bonds is 6. The van der Waals surface area contributed by atoms with E-state index in [-0.39, 0.29) is 0 Å². The largest absolute Gasteiger partial charge is 0.437 e. The predicted molar refractivity (Wildman–Crippen MR) is 157 cm³/mol. The van der Waals surface area contributed by atoms with Crippen molar-refractivity contribution < 1.29 is 4.74 Å². The van der Waals surface area contributed by atoms with Gasteiger partial charge in [0.1, 0.15) is 11.6 Å². The summed E-state index contributed by atoms with van der Waals surface area (Å²) in [6, 6.07) is 30.9. The second-order valence-corrected chi connectivity index (χ2v) is 9.92. The Labute approximate surface area is 229 Å². The molecule has 0 aliphatic heterocycles. The number of benzene rings is 4. The summed E-state index contributed by atoms with van der Waals surface area (Å²) in [5.41, 5.74) is 9.95. The van der Waals surface area contributed by atoms with Gasteiger partial charge in [0.15, 0.2) is 0 Å². The highest BCUT2D eigenvalue weighted by Crippen LogP contribution is 2.32. The molecule has 2 aromatic heterocycles. The van der Waals surface area contributed by atoms with Crippen molar-refractivity contribution in [3.63, 3.8) is 0 Å². The molecule has 0 unspecified atom stereocenters. The van der Waals surface area contributed by atoms with Gasteiger partial charge in [-0.05, 0) is 62.1 Å². The Balaban J connectivity index is 1.35. The maximum absolute atomic E-state index is 6.35. The topological polar surface area (TPSA) is 44.9 Å². The fourth-order valence-electron chi connectivity index (χ4n) is 5.20. The van der Waals surface area contributed by atoms with Crippen LogP contribution in [0.15, 0.2) is 110 Å². The van der Waals surface area contributed by atoms with Crippen LogP contribution in [0.5, 0.6) is 11.6 Å². The normalized spacial score (nSPS) is 11.1. The summed E-state index contributed by atoms with van der Waals surface area (Å²) < 4.78 is 10.6. The van der Waals surface area contributed by atoms with Gasteiger partial charge in [-0.25, -0.2) is 4.98 Å². The van der Waals surface area contributed by atoms with Crippen LogP contribution in [0.3, 0.4) is 0 Å². The van der Waals surface area contributed by atoms with E-state index in [4.69, 9.17) is 14.7 Å². The molecular weight excluding hydrogens is 480 g/mol. The van der Waals surface area contributed by atoms with Crippen molar-refractivity contribution in [2.24, 2.45) is 0 Å². The molecule has 0 bridgehead atoms. The minimum atomic E-state index is 0.537. The zero-order valence-corrected chi connectivity index (χ0v) is 22.6. The van der Waals surface area contributed by atoms with Crippen LogP contribution in [-0.2, 0) is 0 Å². The summed E-state index contributed by atoms with van der Waals surface area (Å²) in [6.07, 6.45) is 5.91. The van der Waals surface area contributed by atoms with Crippen molar-refractivity contribution >= 4 is 0 Å². The van der Waals surface area contributed by atoms with Gasteiger partial charge < -0.3 is 9.30 Å². The molecule has 5 heteroatoms. The molecule has 6 aromatic rings. The Hall–Kier alpha value is -4.90. The molecule has 0 spiro atoms. The first-order valence-electron chi connectivity index (χ1n) is 13.1. The molecule has 4 aromatic carbocycles. The fraction of sp³-hybridized carbons (Fsp3) is 0.118. The van der Waals surface area contributed by atoms with Gasteiger partial charge in [-0.2, -0.15) is 4.98 Å². The highest BCUT2D eigenvalue weighted by Gasteiger charge is 2.17. The summed E-state index contributed by atoms with van der Waals surface area (Å²) in [5.74, 6) is 2.08. The highest BCUT2D eigenvalue weighted by atomic mass is 16.5. The van der Waals surface area contributed by atoms with Gasteiger partial charge in [-0.3, -0.25) is 4.57 Å². The minimum absolute atomic E-state index is 0.537. The number of para-hydroxylation sites is 2. The SMILES string of the molecule is Cc1cccc(C)c1-n1cnc(-c2cccc(Oc3cn(-c4c(C)cccc4C)c(-c4ccccc4)n3)c2)c1. The average Bonchev–Trinajstić information content (AvgIpc) is 3.57. The van der Waals surface area contributed by atoms with Gasteiger partial charge >= 0.3 is 0 Å². The molecule has 0 radical (unpaired) electrons. The Morgan fingerprint density at radius 1 is 0.615 bits per heavy atom. The molecule has 39 heavy (non-hydrogen) atoms. The molecular formula is C34H30N4O. The van der Waals surface area contributed by atoms with E-state index in [1.165, 1.54) is 22.3 Å². The van der Waals surface area contributed by atoms with E-state index >= 15 is 0 Å². The van der Waals surface area contributed by atoms with E-state index in [1.807, 2.05) is 48.9 Å². The molecule has 0 saturated heterocycles. The molecule has 0 fully saturated rings. The Bertz CT molecular complexity index is 1740. The van der Waals surface area contributed by atoms with E-state index in [0.717, 1.165) is 34.0 Å². The molecule has 192 valence electrons. The van der Waals surface area contributed by atoms with Gasteiger partial charge in [-0.15, -0.1) is 0 Å². The second kappa shape index (κ2) is 10.1. The van der Waals surface area contributed by atoms with Crippen molar-refractivity contribution in [1.29, 1.82) is 0 Å². The van der Waals surface area contributed by atoms with Gasteiger partial charge in [0.25, 0.3) is 0 Å². The summed E-state index contributed by atoms with van der Waals surface area (Å²) in [4.78, 5) is 9.62. The number of imidazole rings is 2. The van der Waals surface area contributed by atoms with E-state index in [2.05, 4.69) is 97.6 Å². The molecule has 0 N–H and O–H groups in total. The van der Waals surface area contributed by atoms with E-state index in [9.17, 15) is 0 Å². The standard InChI is InChI=1S/C34H30N4O/c1-23-11-8-12-24(2)32(23)37-20-30(35-22-37)28-17-10-18-29(19-28)39-31-21-38(33-25(3)13-9-14-26(33)4)34(36-31)27-15-6-5-7-16-27/h5-22H,1-4H3. The third-order valence-corrected chi connectivity index (χ3v) is 7.03. The highest BCUT2D eigenvalue weighted by molar-refractivity contribution is 5.64. The summed E-state index contributed by atoms with van der Waals surface area (Å²) in [7, 11) is 0. The third-order valence-electron chi connectivity index (χ3n) is 7.03. The summed E-state index contributed by atoms with van der Waals surface area (Å²) in [5, 5.41) is 0. The lowest BCUT2D eigenvalue weighted by atomic mass is 10.1. The van der Waals surface area contributed by atoms with E-state index < -0.39 is 0 Å². The van der Waals surface area contributed by atoms with Crippen LogP contribution in [-0.4, -0.2) is 19.1 Å². The lowest BCUT2D eigenvalue weighted by Gasteiger charge is -2.13. The van der Waals surface area contributed by atoms with Crippen LogP contribution in [0.25, 0.3) is 34.0 Å². The Morgan fingerprint density at radius 2 is 1.23 bits per heavy atom. The number of hydrogen-bond donors (Lipinski definition) is 0. The average molecular weight is 511 g/mol. The maximum atomic E-state index is 6.35. The number of aryl methyl sites for hydroxylation is 4. The van der Waals surface area contributed by atoms with Gasteiger partial charge in [0.2, 0.25) is 5.88 Å². The molecule has 0 aliphatic rings. The number of ether oxygens (including phenoxy) is 1. The van der Waals surface area contributed by atoms with Crippen LogP contribution in [0.4, 0.5) is 0 Å². The molecule has 0 amide bonds. The van der Waals surface area contributed by atoms with Gasteiger partial charge in [0, 0.05) is 17.3 Å². The van der Waals surface area contributed by atoms with Crippen LogP contribution in [0.1, 0.15) is 22.3 Å². The van der Waals surface area contributed by atoms with Crippen LogP contribution < -0.4 is 4.74 Å². The zero-order chi connectivity index (χ0) is 26.9. The second-order valence-electron chi connectivity index (χ2n) is 9.92. The number of hydrogen-bond acceptors (Lipinski definition) is 3. The lowest BCUT2D eigenvalue weighted by molar-refractivity contribution is 0.466. The molecule has 5 nitrogen and oxygen atoms in total. The Morgan fingerprint density at radius 3 is 1.92 bits per heavy atom. The van der Waals surface area contributed by atoms with Crippen LogP contribution in [0.2, 0.25) is 0 Å². The summed E-state index contributed by atoms with van der Waals surface area (Å²) >= 11 is 0. The van der Waals surface area contributed by atoms with Gasteiger partial charge in [-0.1, -0.05) is 78.9 Å². The van der Waals surface area contributed by atoms with E-state index in [1.54, 1.807) is 0 Å². The van der Waals surface area contributed by atoms with Gasteiger partial charge in [0.05, 0.1) is 29.6 Å². The number of nitrogens with zero attached hydrogens (tertiary/aromatic N) is 4. The molecule has 6 rings (SSSR count). The fourth-order valence-corrected chi connectivity index (χ4v) is 5.20. The van der Waals surface area contributed by atoms with Crippen LogP contribution >= 0.6 is 0 Å². The van der Waals surface area contributed by atoms with Crippen molar-refractivity contribution in [3.05, 3.63) is 132 Å². The van der Waals surface area contributed by atoms with Crippen LogP contribution in [0, 0.1) is 27.7 Å². The molecule has 0 aliphatic carbocycles. The first kappa shape index (κ1) is 24.4. The van der Waals surface area contributed by atoms with Crippen molar-refractivity contribution in [2.75, 3.05) is 0 Å². The number of aromatic nitrogens is 4. The first-order chi connectivity index (χ1) is 19.0. The van der Waals surface area contributed by atoms with E-state index in [0.29, 0.717) is 11.6 Å². The predicted octanol–water partition coefficient (Wildman–Crippen LogP) is 8.42. The molecule has 2 heterocycles. The van der Waals surface area contributed by atoms with Crippen molar-refractivity contribution in [3.8, 4) is 45.6 Å². The summed E-state index contributed by atoms with van der Waals surface area (Å²) in [6.45, 7) is 8.49. The monoisotopic (exact) mass is 510 g/mol. The first-order valence-corrected chi connectivity index (χ1v) is 13.1. The molecule has 0 saturated carbocycles. The lowest BCUT2D eigenvalue weighted by Crippen LogP contribution is -2.01. The van der Waals surface area contributed by atoms with Crippen molar-refractivity contribution in [2.45, 2.75) is 27.7 Å². The minimum Gasteiger partial charge on any atom is -0.437 e. The Kier molecular flexibility index (Phi) is 6.33. The smallest absolute Gasteiger partial charge is 0.238 e. The maximum Gasteiger partial charge on any atom is 0.238 e. The third kappa shape index (κ3) is 4.75. The van der Waals surface area contributed by atoms with Crippen molar-refractivity contribution in [1.82, 2.24) is 19.1 Å².